The SMILES string of the molecule is Cc1nc2ccccc2n1C[C@H](O)c1ccc(F)cc1F. The molecule has 108 valence electrons. The summed E-state index contributed by atoms with van der Waals surface area (Å²) in [5.74, 6) is -0.671. The van der Waals surface area contributed by atoms with Crippen molar-refractivity contribution in [1.29, 1.82) is 0 Å². The highest BCUT2D eigenvalue weighted by Crippen LogP contribution is 2.23. The Morgan fingerprint density at radius 2 is 1.95 bits per heavy atom. The normalized spacial score (nSPS) is 12.8. The first-order chi connectivity index (χ1) is 10.1. The van der Waals surface area contributed by atoms with Crippen molar-refractivity contribution >= 4 is 11.0 Å². The number of hydrogen-bond acceptors (Lipinski definition) is 2. The first-order valence-corrected chi connectivity index (χ1v) is 6.61. The molecule has 0 saturated carbocycles. The summed E-state index contributed by atoms with van der Waals surface area (Å²) in [5.41, 5.74) is 1.77. The lowest BCUT2D eigenvalue weighted by Gasteiger charge is -2.14. The van der Waals surface area contributed by atoms with E-state index in [9.17, 15) is 13.9 Å². The van der Waals surface area contributed by atoms with Gasteiger partial charge in [-0.15, -0.1) is 0 Å². The van der Waals surface area contributed by atoms with Gasteiger partial charge in [0.25, 0.3) is 0 Å². The van der Waals surface area contributed by atoms with Gasteiger partial charge in [-0.1, -0.05) is 18.2 Å². The van der Waals surface area contributed by atoms with E-state index in [4.69, 9.17) is 0 Å². The monoisotopic (exact) mass is 288 g/mol. The Bertz CT molecular complexity index is 798. The zero-order chi connectivity index (χ0) is 15.0. The van der Waals surface area contributed by atoms with Crippen molar-refractivity contribution in [3.63, 3.8) is 0 Å². The molecule has 3 nitrogen and oxygen atoms in total. The minimum absolute atomic E-state index is 0.0774. The minimum Gasteiger partial charge on any atom is -0.386 e. The fourth-order valence-corrected chi connectivity index (χ4v) is 2.47. The number of halogens is 2. The molecular weight excluding hydrogens is 274 g/mol. The first-order valence-electron chi connectivity index (χ1n) is 6.61. The molecule has 0 bridgehead atoms. The summed E-state index contributed by atoms with van der Waals surface area (Å²) in [6, 6.07) is 10.7. The van der Waals surface area contributed by atoms with Crippen LogP contribution in [-0.2, 0) is 6.54 Å². The van der Waals surface area contributed by atoms with Crippen molar-refractivity contribution in [3.8, 4) is 0 Å². The third-order valence-electron chi connectivity index (χ3n) is 3.52. The van der Waals surface area contributed by atoms with E-state index < -0.39 is 17.7 Å². The Morgan fingerprint density at radius 3 is 2.71 bits per heavy atom. The van der Waals surface area contributed by atoms with E-state index in [1.807, 2.05) is 35.8 Å². The second kappa shape index (κ2) is 5.26. The van der Waals surface area contributed by atoms with Crippen LogP contribution in [0.1, 0.15) is 17.5 Å². The Labute approximate surface area is 120 Å². The number of hydrogen-bond donors (Lipinski definition) is 1. The van der Waals surface area contributed by atoms with Gasteiger partial charge in [-0.05, 0) is 25.1 Å². The van der Waals surface area contributed by atoms with Crippen LogP contribution >= 0.6 is 0 Å². The van der Waals surface area contributed by atoms with E-state index in [-0.39, 0.29) is 12.1 Å². The second-order valence-electron chi connectivity index (χ2n) is 4.94. The van der Waals surface area contributed by atoms with Gasteiger partial charge in [0.15, 0.2) is 0 Å². The number of aromatic nitrogens is 2. The summed E-state index contributed by atoms with van der Waals surface area (Å²) < 4.78 is 28.5. The third-order valence-corrected chi connectivity index (χ3v) is 3.52. The van der Waals surface area contributed by atoms with Crippen LogP contribution in [0.3, 0.4) is 0 Å². The number of imidazole rings is 1. The van der Waals surface area contributed by atoms with Crippen molar-refractivity contribution in [2.24, 2.45) is 0 Å². The molecule has 3 rings (SSSR count). The fraction of sp³-hybridized carbons (Fsp3) is 0.188. The van der Waals surface area contributed by atoms with E-state index in [1.54, 1.807) is 0 Å². The molecule has 0 spiro atoms. The molecule has 3 aromatic rings. The molecule has 21 heavy (non-hydrogen) atoms. The van der Waals surface area contributed by atoms with Crippen LogP contribution in [-0.4, -0.2) is 14.7 Å². The number of nitrogens with zero attached hydrogens (tertiary/aromatic N) is 2. The predicted octanol–water partition coefficient (Wildman–Crippen LogP) is 3.36. The molecule has 0 aliphatic rings. The first kappa shape index (κ1) is 13.7. The van der Waals surface area contributed by atoms with E-state index in [0.717, 1.165) is 29.0 Å². The van der Waals surface area contributed by atoms with Gasteiger partial charge in [-0.2, -0.15) is 0 Å². The largest absolute Gasteiger partial charge is 0.386 e. The minimum atomic E-state index is -1.07. The second-order valence-corrected chi connectivity index (χ2v) is 4.94. The molecule has 2 aromatic carbocycles. The average molecular weight is 288 g/mol. The number of para-hydroxylation sites is 2. The van der Waals surface area contributed by atoms with Gasteiger partial charge < -0.3 is 9.67 Å². The van der Waals surface area contributed by atoms with Crippen LogP contribution in [0.4, 0.5) is 8.78 Å². The van der Waals surface area contributed by atoms with Gasteiger partial charge >= 0.3 is 0 Å². The Balaban J connectivity index is 1.96. The predicted molar refractivity (Wildman–Crippen MR) is 75.8 cm³/mol. The summed E-state index contributed by atoms with van der Waals surface area (Å²) in [6.45, 7) is 1.99. The van der Waals surface area contributed by atoms with E-state index >= 15 is 0 Å². The highest BCUT2D eigenvalue weighted by atomic mass is 19.1. The summed E-state index contributed by atoms with van der Waals surface area (Å²) in [6.07, 6.45) is -1.07. The molecule has 0 saturated heterocycles. The molecular formula is C16H14F2N2O. The van der Waals surface area contributed by atoms with Gasteiger partial charge in [-0.25, -0.2) is 13.8 Å². The number of aliphatic hydroxyl groups is 1. The van der Waals surface area contributed by atoms with E-state index in [1.165, 1.54) is 6.07 Å². The van der Waals surface area contributed by atoms with Crippen molar-refractivity contribution in [3.05, 3.63) is 65.5 Å². The molecule has 0 amide bonds. The molecule has 5 heteroatoms. The highest BCUT2D eigenvalue weighted by molar-refractivity contribution is 5.75. The molecule has 0 aliphatic carbocycles. The standard InChI is InChI=1S/C16H14F2N2O/c1-10-19-14-4-2-3-5-15(14)20(10)9-16(21)12-7-6-11(17)8-13(12)18/h2-8,16,21H,9H2,1H3/t16-/m0/s1. The van der Waals surface area contributed by atoms with Gasteiger partial charge in [0, 0.05) is 11.6 Å². The number of benzene rings is 2. The zero-order valence-corrected chi connectivity index (χ0v) is 11.4. The Morgan fingerprint density at radius 1 is 1.19 bits per heavy atom. The number of aliphatic hydroxyl groups excluding tert-OH is 1. The quantitative estimate of drug-likeness (QED) is 0.802. The summed E-state index contributed by atoms with van der Waals surface area (Å²) in [5, 5.41) is 10.2. The number of rotatable bonds is 3. The maximum atomic E-state index is 13.7. The van der Waals surface area contributed by atoms with Crippen molar-refractivity contribution in [2.75, 3.05) is 0 Å². The van der Waals surface area contributed by atoms with Gasteiger partial charge in [0.1, 0.15) is 17.5 Å². The van der Waals surface area contributed by atoms with Crippen LogP contribution in [0.15, 0.2) is 42.5 Å². The zero-order valence-electron chi connectivity index (χ0n) is 11.4. The summed E-state index contributed by atoms with van der Waals surface area (Å²) in [4.78, 5) is 4.39. The average Bonchev–Trinajstić information content (AvgIpc) is 2.75. The fourth-order valence-electron chi connectivity index (χ4n) is 2.47. The third kappa shape index (κ3) is 2.52. The summed E-state index contributed by atoms with van der Waals surface area (Å²) in [7, 11) is 0. The highest BCUT2D eigenvalue weighted by Gasteiger charge is 2.16. The molecule has 0 unspecified atom stereocenters. The van der Waals surface area contributed by atoms with Gasteiger partial charge in [0.05, 0.1) is 23.7 Å². The lowest BCUT2D eigenvalue weighted by Crippen LogP contribution is -2.11. The van der Waals surface area contributed by atoms with Gasteiger partial charge in [0.2, 0.25) is 0 Å². The van der Waals surface area contributed by atoms with Crippen molar-refractivity contribution < 1.29 is 13.9 Å². The van der Waals surface area contributed by atoms with E-state index in [0.29, 0.717) is 0 Å². The number of aryl methyl sites for hydroxylation is 1. The maximum absolute atomic E-state index is 13.7. The molecule has 1 heterocycles. The van der Waals surface area contributed by atoms with Crippen molar-refractivity contribution in [1.82, 2.24) is 9.55 Å². The topological polar surface area (TPSA) is 38.0 Å². The number of fused-ring (bicyclic) bond motifs is 1. The molecule has 1 N–H and O–H groups in total. The molecule has 0 aliphatic heterocycles. The van der Waals surface area contributed by atoms with Crippen LogP contribution in [0.25, 0.3) is 11.0 Å². The smallest absolute Gasteiger partial charge is 0.131 e. The van der Waals surface area contributed by atoms with Crippen LogP contribution in [0.5, 0.6) is 0 Å². The van der Waals surface area contributed by atoms with Crippen LogP contribution in [0, 0.1) is 18.6 Å². The lowest BCUT2D eigenvalue weighted by atomic mass is 10.1. The maximum Gasteiger partial charge on any atom is 0.131 e. The summed E-state index contributed by atoms with van der Waals surface area (Å²) >= 11 is 0. The van der Waals surface area contributed by atoms with Crippen molar-refractivity contribution in [2.45, 2.75) is 19.6 Å². The molecule has 1 atom stereocenters. The van der Waals surface area contributed by atoms with Crippen LogP contribution in [0.2, 0.25) is 0 Å². The van der Waals surface area contributed by atoms with Gasteiger partial charge in [-0.3, -0.25) is 0 Å². The Kier molecular flexibility index (Phi) is 3.43. The van der Waals surface area contributed by atoms with Crippen LogP contribution < -0.4 is 0 Å². The lowest BCUT2D eigenvalue weighted by molar-refractivity contribution is 0.152. The molecule has 0 fully saturated rings. The molecule has 0 radical (unpaired) electrons. The molecule has 1 aromatic heterocycles. The Hall–Kier alpha value is -2.27. The van der Waals surface area contributed by atoms with E-state index in [2.05, 4.69) is 4.98 Å².